The zero-order chi connectivity index (χ0) is 22.1. The highest BCUT2D eigenvalue weighted by Crippen LogP contribution is 2.38. The predicted octanol–water partition coefficient (Wildman–Crippen LogP) is 9.05. The molecule has 0 amide bonds. The van der Waals surface area contributed by atoms with Crippen molar-refractivity contribution in [3.05, 3.63) is 53.6 Å². The maximum Gasteiger partial charge on any atom is 0.201 e. The molecule has 1 fully saturated rings. The molecule has 3 rings (SSSR count). The van der Waals surface area contributed by atoms with Crippen molar-refractivity contribution in [2.45, 2.75) is 90.4 Å². The molecule has 0 radical (unpaired) electrons. The van der Waals surface area contributed by atoms with E-state index >= 15 is 0 Å². The quantitative estimate of drug-likeness (QED) is 0.324. The Balaban J connectivity index is 1.59. The van der Waals surface area contributed by atoms with Gasteiger partial charge in [-0.2, -0.15) is 4.39 Å². The third-order valence-corrected chi connectivity index (χ3v) is 6.81. The first kappa shape index (κ1) is 23.8. The molecule has 0 aromatic heterocycles. The average Bonchev–Trinajstić information content (AvgIpc) is 2.80. The van der Waals surface area contributed by atoms with Crippen molar-refractivity contribution in [2.24, 2.45) is 5.92 Å². The first-order chi connectivity index (χ1) is 15.1. The van der Waals surface area contributed by atoms with Crippen LogP contribution in [0.15, 0.2) is 36.4 Å². The summed E-state index contributed by atoms with van der Waals surface area (Å²) in [5.41, 5.74) is 2.34. The average molecular weight is 429 g/mol. The van der Waals surface area contributed by atoms with Crippen LogP contribution in [0.1, 0.15) is 96.0 Å². The van der Waals surface area contributed by atoms with E-state index in [2.05, 4.69) is 26.0 Å². The first-order valence-electron chi connectivity index (χ1n) is 12.3. The molecule has 2 aromatic rings. The molecular formula is C28H38F2O. The van der Waals surface area contributed by atoms with E-state index in [0.717, 1.165) is 25.2 Å². The molecule has 1 aliphatic carbocycles. The predicted molar refractivity (Wildman–Crippen MR) is 126 cm³/mol. The Hall–Kier alpha value is -1.90. The second kappa shape index (κ2) is 12.2. The van der Waals surface area contributed by atoms with Crippen molar-refractivity contribution in [1.29, 1.82) is 0 Å². The van der Waals surface area contributed by atoms with Gasteiger partial charge < -0.3 is 4.74 Å². The summed E-state index contributed by atoms with van der Waals surface area (Å²) in [5, 5.41) is 0. The summed E-state index contributed by atoms with van der Waals surface area (Å²) < 4.78 is 34.6. The number of ether oxygens (including phenoxy) is 1. The van der Waals surface area contributed by atoms with E-state index in [1.165, 1.54) is 56.9 Å². The normalized spacial score (nSPS) is 18.8. The molecule has 0 unspecified atom stereocenters. The van der Waals surface area contributed by atoms with Gasteiger partial charge in [-0.15, -0.1) is 0 Å². The van der Waals surface area contributed by atoms with E-state index in [1.54, 1.807) is 12.1 Å². The number of benzene rings is 2. The molecule has 1 nitrogen and oxygen atoms in total. The van der Waals surface area contributed by atoms with Gasteiger partial charge in [-0.25, -0.2) is 4.39 Å². The Morgan fingerprint density at radius 3 is 2.13 bits per heavy atom. The van der Waals surface area contributed by atoms with Gasteiger partial charge in [0.1, 0.15) is 0 Å². The fourth-order valence-electron chi connectivity index (χ4n) is 4.80. The van der Waals surface area contributed by atoms with Gasteiger partial charge in [-0.1, -0.05) is 76.6 Å². The summed E-state index contributed by atoms with van der Waals surface area (Å²) in [5.74, 6) is -0.226. The standard InChI is InChI=1S/C28H38F2O/c1-3-5-7-9-21-10-12-22(13-11-21)23-14-16-24(17-15-23)25-18-19-26(28(30)27(25)29)31-20-8-6-4-2/h14-19,21-22H,3-13,20H2,1-2H3. The third kappa shape index (κ3) is 6.54. The number of hydrogen-bond donors (Lipinski definition) is 0. The van der Waals surface area contributed by atoms with Gasteiger partial charge in [0.05, 0.1) is 6.61 Å². The lowest BCUT2D eigenvalue weighted by atomic mass is 9.77. The smallest absolute Gasteiger partial charge is 0.201 e. The molecule has 1 saturated carbocycles. The van der Waals surface area contributed by atoms with Crippen LogP contribution in [0.25, 0.3) is 11.1 Å². The Kier molecular flexibility index (Phi) is 9.36. The van der Waals surface area contributed by atoms with Crippen LogP contribution in [0.4, 0.5) is 8.78 Å². The Morgan fingerprint density at radius 2 is 1.45 bits per heavy atom. The highest BCUT2D eigenvalue weighted by atomic mass is 19.2. The van der Waals surface area contributed by atoms with Crippen LogP contribution in [0.2, 0.25) is 0 Å². The Bertz CT molecular complexity index is 791. The van der Waals surface area contributed by atoms with Gasteiger partial charge >= 0.3 is 0 Å². The van der Waals surface area contributed by atoms with Gasteiger partial charge in [0, 0.05) is 5.56 Å². The van der Waals surface area contributed by atoms with Crippen LogP contribution in [0.3, 0.4) is 0 Å². The second-order valence-electron chi connectivity index (χ2n) is 9.13. The van der Waals surface area contributed by atoms with E-state index in [0.29, 0.717) is 23.7 Å². The molecule has 0 spiro atoms. The molecule has 170 valence electrons. The number of rotatable bonds is 11. The van der Waals surface area contributed by atoms with Gasteiger partial charge in [0.25, 0.3) is 0 Å². The molecule has 1 aliphatic rings. The molecule has 31 heavy (non-hydrogen) atoms. The largest absolute Gasteiger partial charge is 0.490 e. The Morgan fingerprint density at radius 1 is 0.774 bits per heavy atom. The maximum atomic E-state index is 14.7. The lowest BCUT2D eigenvalue weighted by Gasteiger charge is -2.29. The Labute approximate surface area is 187 Å². The van der Waals surface area contributed by atoms with Crippen LogP contribution < -0.4 is 4.74 Å². The molecule has 0 aliphatic heterocycles. The van der Waals surface area contributed by atoms with Crippen LogP contribution >= 0.6 is 0 Å². The number of halogens is 2. The molecule has 0 saturated heterocycles. The molecule has 0 N–H and O–H groups in total. The van der Waals surface area contributed by atoms with Gasteiger partial charge in [-0.05, 0) is 67.2 Å². The van der Waals surface area contributed by atoms with Gasteiger partial charge in [0.15, 0.2) is 11.6 Å². The molecule has 0 atom stereocenters. The van der Waals surface area contributed by atoms with E-state index in [-0.39, 0.29) is 5.75 Å². The fraction of sp³-hybridized carbons (Fsp3) is 0.571. The van der Waals surface area contributed by atoms with Gasteiger partial charge in [0.2, 0.25) is 5.82 Å². The summed E-state index contributed by atoms with van der Waals surface area (Å²) in [6, 6.07) is 11.2. The van der Waals surface area contributed by atoms with Crippen LogP contribution in [0, 0.1) is 17.6 Å². The zero-order valence-corrected chi connectivity index (χ0v) is 19.3. The van der Waals surface area contributed by atoms with Gasteiger partial charge in [-0.3, -0.25) is 0 Å². The minimum Gasteiger partial charge on any atom is -0.490 e. The minimum absolute atomic E-state index is 0.00432. The summed E-state index contributed by atoms with van der Waals surface area (Å²) in [6.45, 7) is 4.77. The molecule has 3 heteroatoms. The third-order valence-electron chi connectivity index (χ3n) is 6.81. The first-order valence-corrected chi connectivity index (χ1v) is 12.3. The lowest BCUT2D eigenvalue weighted by molar-refractivity contribution is 0.286. The monoisotopic (exact) mass is 428 g/mol. The van der Waals surface area contributed by atoms with Crippen molar-refractivity contribution in [3.8, 4) is 16.9 Å². The molecule has 2 aromatic carbocycles. The van der Waals surface area contributed by atoms with Crippen molar-refractivity contribution in [1.82, 2.24) is 0 Å². The highest BCUT2D eigenvalue weighted by Gasteiger charge is 2.22. The fourth-order valence-corrected chi connectivity index (χ4v) is 4.80. The summed E-state index contributed by atoms with van der Waals surface area (Å²) in [4.78, 5) is 0. The van der Waals surface area contributed by atoms with E-state index in [9.17, 15) is 8.78 Å². The van der Waals surface area contributed by atoms with Crippen LogP contribution in [0.5, 0.6) is 5.75 Å². The van der Waals surface area contributed by atoms with E-state index in [1.807, 2.05) is 12.1 Å². The van der Waals surface area contributed by atoms with E-state index < -0.39 is 11.6 Å². The van der Waals surface area contributed by atoms with Crippen LogP contribution in [-0.2, 0) is 0 Å². The zero-order valence-electron chi connectivity index (χ0n) is 19.3. The number of hydrogen-bond acceptors (Lipinski definition) is 1. The summed E-state index contributed by atoms with van der Waals surface area (Å²) >= 11 is 0. The minimum atomic E-state index is -0.889. The van der Waals surface area contributed by atoms with Crippen molar-refractivity contribution >= 4 is 0 Å². The summed E-state index contributed by atoms with van der Waals surface area (Å²) in [6.07, 6.45) is 13.4. The van der Waals surface area contributed by atoms with Crippen molar-refractivity contribution in [3.63, 3.8) is 0 Å². The summed E-state index contributed by atoms with van der Waals surface area (Å²) in [7, 11) is 0. The van der Waals surface area contributed by atoms with Crippen molar-refractivity contribution in [2.75, 3.05) is 6.61 Å². The highest BCUT2D eigenvalue weighted by molar-refractivity contribution is 5.65. The topological polar surface area (TPSA) is 9.23 Å². The molecule has 0 bridgehead atoms. The molecular weight excluding hydrogens is 390 g/mol. The SMILES string of the molecule is CCCCCOc1ccc(-c2ccc(C3CCC(CCCCC)CC3)cc2)c(F)c1F. The van der Waals surface area contributed by atoms with Crippen LogP contribution in [-0.4, -0.2) is 6.61 Å². The van der Waals surface area contributed by atoms with E-state index in [4.69, 9.17) is 4.74 Å². The second-order valence-corrected chi connectivity index (χ2v) is 9.13. The molecule has 0 heterocycles. The maximum absolute atomic E-state index is 14.7. The van der Waals surface area contributed by atoms with Crippen molar-refractivity contribution < 1.29 is 13.5 Å². The number of unbranched alkanes of at least 4 members (excludes halogenated alkanes) is 4. The lowest BCUT2D eigenvalue weighted by Crippen LogP contribution is -2.13.